The molecule has 9 nitrogen and oxygen atoms in total. The number of nitrogens with zero attached hydrogens (tertiary/aromatic N) is 2. The molecule has 0 saturated heterocycles. The van der Waals surface area contributed by atoms with Gasteiger partial charge in [0.15, 0.2) is 5.69 Å². The highest BCUT2D eigenvalue weighted by molar-refractivity contribution is 6.13. The van der Waals surface area contributed by atoms with Crippen LogP contribution >= 0.6 is 0 Å². The number of hydrogen-bond donors (Lipinski definition) is 2. The van der Waals surface area contributed by atoms with Gasteiger partial charge >= 0.3 is 5.63 Å². The van der Waals surface area contributed by atoms with Gasteiger partial charge in [0.05, 0.1) is 17.4 Å². The van der Waals surface area contributed by atoms with E-state index in [1.54, 1.807) is 25.2 Å². The second-order valence-electron chi connectivity index (χ2n) is 6.40. The minimum Gasteiger partial charge on any atom is -0.491 e. The van der Waals surface area contributed by atoms with E-state index in [9.17, 15) is 14.4 Å². The largest absolute Gasteiger partial charge is 0.491 e. The minimum absolute atomic E-state index is 0.0515. The van der Waals surface area contributed by atoms with Gasteiger partial charge in [-0.05, 0) is 26.0 Å². The van der Waals surface area contributed by atoms with Crippen molar-refractivity contribution in [2.75, 3.05) is 12.4 Å². The van der Waals surface area contributed by atoms with Crippen molar-refractivity contribution in [1.82, 2.24) is 15.1 Å². The maximum Gasteiger partial charge on any atom is 0.337 e. The molecular formula is C19H20N4O5. The molecule has 3 rings (SSSR count). The Balaban J connectivity index is 2.00. The number of aromatic nitrogens is 2. The van der Waals surface area contributed by atoms with Crippen LogP contribution in [0.15, 0.2) is 39.7 Å². The average Bonchev–Trinajstić information content (AvgIpc) is 2.99. The molecule has 0 aliphatic heterocycles. The van der Waals surface area contributed by atoms with Gasteiger partial charge in [0.25, 0.3) is 11.8 Å². The summed E-state index contributed by atoms with van der Waals surface area (Å²) < 4.78 is 12.2. The SMILES string of the molecule is CNC(=O)c1nn(C)cc1NC(=O)c1cc(=O)oc2cc(OC(C)C)ccc12. The molecule has 0 fully saturated rings. The molecule has 0 unspecified atom stereocenters. The Morgan fingerprint density at radius 1 is 1.21 bits per heavy atom. The van der Waals surface area contributed by atoms with Crippen molar-refractivity contribution < 1.29 is 18.7 Å². The number of aryl methyl sites for hydroxylation is 1. The number of hydrogen-bond acceptors (Lipinski definition) is 6. The second kappa shape index (κ2) is 7.55. The Bertz CT molecular complexity index is 1110. The summed E-state index contributed by atoms with van der Waals surface area (Å²) in [5, 5.41) is 9.58. The summed E-state index contributed by atoms with van der Waals surface area (Å²) in [6, 6.07) is 6.01. The molecule has 0 spiro atoms. The number of ether oxygens (including phenoxy) is 1. The van der Waals surface area contributed by atoms with Crippen LogP contribution in [-0.2, 0) is 7.05 Å². The van der Waals surface area contributed by atoms with E-state index < -0.39 is 17.4 Å². The zero-order valence-electron chi connectivity index (χ0n) is 15.9. The van der Waals surface area contributed by atoms with Gasteiger partial charge in [-0.25, -0.2) is 4.79 Å². The number of fused-ring (bicyclic) bond motifs is 1. The second-order valence-corrected chi connectivity index (χ2v) is 6.40. The molecule has 0 aliphatic rings. The van der Waals surface area contributed by atoms with E-state index in [1.165, 1.54) is 17.9 Å². The summed E-state index contributed by atoms with van der Waals surface area (Å²) in [4.78, 5) is 36.7. The Kier molecular flexibility index (Phi) is 5.16. The molecule has 9 heteroatoms. The maximum atomic E-state index is 12.8. The molecule has 2 heterocycles. The Morgan fingerprint density at radius 2 is 1.96 bits per heavy atom. The summed E-state index contributed by atoms with van der Waals surface area (Å²) in [5.74, 6) is -0.477. The number of carbonyl (C=O) groups excluding carboxylic acids is 2. The number of benzene rings is 1. The molecule has 1 aromatic carbocycles. The Labute approximate surface area is 160 Å². The number of nitrogens with one attached hydrogen (secondary N) is 2. The lowest BCUT2D eigenvalue weighted by Gasteiger charge is -2.11. The molecule has 0 aliphatic carbocycles. The first kappa shape index (κ1) is 19.2. The number of carbonyl (C=O) groups is 2. The topological polar surface area (TPSA) is 115 Å². The summed E-state index contributed by atoms with van der Waals surface area (Å²) >= 11 is 0. The van der Waals surface area contributed by atoms with Crippen LogP contribution < -0.4 is 21.0 Å². The van der Waals surface area contributed by atoms with Gasteiger partial charge in [0.2, 0.25) is 0 Å². The predicted octanol–water partition coefficient (Wildman–Crippen LogP) is 1.93. The first-order valence-electron chi connectivity index (χ1n) is 8.60. The summed E-state index contributed by atoms with van der Waals surface area (Å²) in [6.45, 7) is 3.75. The quantitative estimate of drug-likeness (QED) is 0.650. The van der Waals surface area contributed by atoms with Crippen molar-refractivity contribution in [2.24, 2.45) is 7.05 Å². The highest BCUT2D eigenvalue weighted by Gasteiger charge is 2.20. The van der Waals surface area contributed by atoms with Crippen LogP contribution in [0.25, 0.3) is 11.0 Å². The van der Waals surface area contributed by atoms with E-state index in [1.807, 2.05) is 13.8 Å². The van der Waals surface area contributed by atoms with Crippen molar-refractivity contribution in [2.45, 2.75) is 20.0 Å². The number of anilines is 1. The molecule has 28 heavy (non-hydrogen) atoms. The summed E-state index contributed by atoms with van der Waals surface area (Å²) in [6.07, 6.45) is 1.45. The van der Waals surface area contributed by atoms with Crippen LogP contribution in [0.1, 0.15) is 34.7 Å². The van der Waals surface area contributed by atoms with E-state index in [0.717, 1.165) is 6.07 Å². The standard InChI is InChI=1S/C19H20N4O5/c1-10(2)27-11-5-6-12-13(8-16(24)28-15(12)7-11)18(25)21-14-9-23(4)22-17(14)19(26)20-3/h5-10H,1-4H3,(H,20,26)(H,21,25). The van der Waals surface area contributed by atoms with Crippen molar-refractivity contribution in [1.29, 1.82) is 0 Å². The average molecular weight is 384 g/mol. The summed E-state index contributed by atoms with van der Waals surface area (Å²) in [7, 11) is 3.10. The van der Waals surface area contributed by atoms with E-state index in [2.05, 4.69) is 15.7 Å². The molecule has 0 radical (unpaired) electrons. The van der Waals surface area contributed by atoms with Crippen molar-refractivity contribution in [3.63, 3.8) is 0 Å². The fourth-order valence-corrected chi connectivity index (χ4v) is 2.73. The van der Waals surface area contributed by atoms with Gasteiger partial charge < -0.3 is 19.8 Å². The van der Waals surface area contributed by atoms with E-state index in [0.29, 0.717) is 11.1 Å². The molecule has 2 N–H and O–H groups in total. The Morgan fingerprint density at radius 3 is 2.64 bits per heavy atom. The minimum atomic E-state index is -0.669. The lowest BCUT2D eigenvalue weighted by molar-refractivity contribution is 0.0958. The molecule has 0 atom stereocenters. The molecule has 3 aromatic rings. The maximum absolute atomic E-state index is 12.8. The number of rotatable bonds is 5. The third kappa shape index (κ3) is 3.88. The van der Waals surface area contributed by atoms with Crippen molar-refractivity contribution in [3.05, 3.63) is 52.1 Å². The van der Waals surface area contributed by atoms with Crippen molar-refractivity contribution >= 4 is 28.5 Å². The zero-order valence-corrected chi connectivity index (χ0v) is 15.9. The fourth-order valence-electron chi connectivity index (χ4n) is 2.73. The normalized spacial score (nSPS) is 10.9. The smallest absolute Gasteiger partial charge is 0.337 e. The van der Waals surface area contributed by atoms with Gasteiger partial charge in [-0.15, -0.1) is 0 Å². The monoisotopic (exact) mass is 384 g/mol. The summed E-state index contributed by atoms with van der Waals surface area (Å²) in [5.41, 5.74) is -0.0223. The van der Waals surface area contributed by atoms with Crippen LogP contribution in [0.3, 0.4) is 0 Å². The molecular weight excluding hydrogens is 364 g/mol. The van der Waals surface area contributed by atoms with Crippen LogP contribution in [0.5, 0.6) is 5.75 Å². The highest BCUT2D eigenvalue weighted by Crippen LogP contribution is 2.24. The third-order valence-electron chi connectivity index (χ3n) is 3.85. The van der Waals surface area contributed by atoms with Crippen LogP contribution in [0, 0.1) is 0 Å². The van der Waals surface area contributed by atoms with E-state index in [4.69, 9.17) is 9.15 Å². The first-order valence-corrected chi connectivity index (χ1v) is 8.60. The lowest BCUT2D eigenvalue weighted by atomic mass is 10.1. The van der Waals surface area contributed by atoms with Gasteiger partial charge in [-0.3, -0.25) is 14.3 Å². The molecule has 2 amide bonds. The Hall–Kier alpha value is -3.62. The molecule has 2 aromatic heterocycles. The van der Waals surface area contributed by atoms with Gasteiger partial charge in [0.1, 0.15) is 11.3 Å². The zero-order chi connectivity index (χ0) is 20.4. The number of amides is 2. The lowest BCUT2D eigenvalue weighted by Crippen LogP contribution is -2.22. The fraction of sp³-hybridized carbons (Fsp3) is 0.263. The predicted molar refractivity (Wildman–Crippen MR) is 103 cm³/mol. The van der Waals surface area contributed by atoms with E-state index >= 15 is 0 Å². The first-order chi connectivity index (χ1) is 13.3. The highest BCUT2D eigenvalue weighted by atomic mass is 16.5. The van der Waals surface area contributed by atoms with Crippen LogP contribution in [0.4, 0.5) is 5.69 Å². The molecule has 0 bridgehead atoms. The van der Waals surface area contributed by atoms with Crippen LogP contribution in [-0.4, -0.2) is 34.7 Å². The third-order valence-corrected chi connectivity index (χ3v) is 3.85. The van der Waals surface area contributed by atoms with Gasteiger partial charge in [-0.1, -0.05) is 0 Å². The van der Waals surface area contributed by atoms with Crippen molar-refractivity contribution in [3.8, 4) is 5.75 Å². The molecule has 0 saturated carbocycles. The van der Waals surface area contributed by atoms with Gasteiger partial charge in [-0.2, -0.15) is 5.10 Å². The van der Waals surface area contributed by atoms with Gasteiger partial charge in [0, 0.05) is 37.8 Å². The van der Waals surface area contributed by atoms with Crippen LogP contribution in [0.2, 0.25) is 0 Å². The van der Waals surface area contributed by atoms with E-state index in [-0.39, 0.29) is 28.6 Å². The molecule has 146 valence electrons.